The lowest BCUT2D eigenvalue weighted by molar-refractivity contribution is 0.580. The van der Waals surface area contributed by atoms with Crippen molar-refractivity contribution in [2.75, 3.05) is 0 Å². The Morgan fingerprint density at radius 2 is 2.05 bits per heavy atom. The average Bonchev–Trinajstić information content (AvgIpc) is 2.45. The summed E-state index contributed by atoms with van der Waals surface area (Å²) in [6.45, 7) is 2.37. The van der Waals surface area contributed by atoms with Crippen LogP contribution in [0.3, 0.4) is 0 Å². The fourth-order valence-corrected chi connectivity index (χ4v) is 3.96. The van der Waals surface area contributed by atoms with Gasteiger partial charge >= 0.3 is 0 Å². The van der Waals surface area contributed by atoms with E-state index in [2.05, 4.69) is 25.6 Å². The highest BCUT2D eigenvalue weighted by molar-refractivity contribution is 9.10. The number of pyridine rings is 1. The maximum atomic E-state index is 12.3. The summed E-state index contributed by atoms with van der Waals surface area (Å²) in [5, 5.41) is 0. The van der Waals surface area contributed by atoms with Gasteiger partial charge in [0.25, 0.3) is 0 Å². The first-order chi connectivity index (χ1) is 9.92. The third-order valence-electron chi connectivity index (χ3n) is 2.91. The van der Waals surface area contributed by atoms with Crippen LogP contribution in [0.4, 0.5) is 0 Å². The second-order valence-electron chi connectivity index (χ2n) is 4.56. The molecule has 0 fully saturated rings. The molecule has 2 rings (SSSR count). The van der Waals surface area contributed by atoms with Gasteiger partial charge in [0.1, 0.15) is 0 Å². The van der Waals surface area contributed by atoms with Gasteiger partial charge in [-0.15, -0.1) is 0 Å². The van der Waals surface area contributed by atoms with Gasteiger partial charge in [0.05, 0.1) is 17.1 Å². The van der Waals surface area contributed by atoms with Gasteiger partial charge in [-0.25, -0.2) is 13.1 Å². The topological polar surface area (TPSA) is 85.1 Å². The lowest BCUT2D eigenvalue weighted by atomic mass is 10.2. The quantitative estimate of drug-likeness (QED) is 0.844. The first kappa shape index (κ1) is 16.1. The summed E-state index contributed by atoms with van der Waals surface area (Å²) in [5.74, 6) is 0. The molecule has 0 aliphatic heterocycles. The molecule has 0 amide bonds. The number of hydrogen-bond donors (Lipinski definition) is 2. The molecular formula is C14H16BrN3O2S. The average molecular weight is 370 g/mol. The predicted octanol–water partition coefficient (Wildman–Crippen LogP) is 2.09. The molecular weight excluding hydrogens is 354 g/mol. The zero-order valence-corrected chi connectivity index (χ0v) is 13.9. The number of sulfonamides is 1. The van der Waals surface area contributed by atoms with E-state index in [1.807, 2.05) is 19.1 Å². The first-order valence-electron chi connectivity index (χ1n) is 6.33. The molecule has 112 valence electrons. The molecule has 0 radical (unpaired) electrons. The van der Waals surface area contributed by atoms with E-state index in [0.29, 0.717) is 16.7 Å². The molecule has 1 aromatic heterocycles. The van der Waals surface area contributed by atoms with Crippen LogP contribution >= 0.6 is 15.9 Å². The van der Waals surface area contributed by atoms with Gasteiger partial charge in [-0.1, -0.05) is 12.1 Å². The van der Waals surface area contributed by atoms with Crippen molar-refractivity contribution in [1.82, 2.24) is 9.71 Å². The van der Waals surface area contributed by atoms with E-state index < -0.39 is 10.0 Å². The van der Waals surface area contributed by atoms with Crippen molar-refractivity contribution in [3.8, 4) is 0 Å². The molecule has 3 N–H and O–H groups in total. The van der Waals surface area contributed by atoms with Crippen LogP contribution in [-0.2, 0) is 23.1 Å². The number of aromatic nitrogens is 1. The Bertz CT molecular complexity index is 748. The Hall–Kier alpha value is -1.28. The number of nitrogens with one attached hydrogen (secondary N) is 1. The van der Waals surface area contributed by atoms with Crippen LogP contribution in [0, 0.1) is 6.92 Å². The first-order valence-corrected chi connectivity index (χ1v) is 8.60. The summed E-state index contributed by atoms with van der Waals surface area (Å²) in [4.78, 5) is 4.45. The van der Waals surface area contributed by atoms with Crippen molar-refractivity contribution in [3.05, 3.63) is 57.8 Å². The van der Waals surface area contributed by atoms with E-state index in [-0.39, 0.29) is 11.4 Å². The van der Waals surface area contributed by atoms with Crippen LogP contribution in [0.15, 0.2) is 45.8 Å². The second-order valence-corrected chi connectivity index (χ2v) is 7.15. The van der Waals surface area contributed by atoms with Crippen LogP contribution in [-0.4, -0.2) is 13.4 Å². The molecule has 1 heterocycles. The Kier molecular flexibility index (Phi) is 5.10. The minimum atomic E-state index is -3.60. The Labute approximate surface area is 132 Å². The summed E-state index contributed by atoms with van der Waals surface area (Å²) in [6, 6.07) is 10.4. The van der Waals surface area contributed by atoms with E-state index in [9.17, 15) is 8.42 Å². The van der Waals surface area contributed by atoms with Crippen molar-refractivity contribution in [3.63, 3.8) is 0 Å². The molecule has 0 aliphatic carbocycles. The number of benzene rings is 1. The van der Waals surface area contributed by atoms with Crippen LogP contribution < -0.4 is 10.5 Å². The zero-order chi connectivity index (χ0) is 15.5. The summed E-state index contributed by atoms with van der Waals surface area (Å²) in [6.07, 6.45) is 0. The van der Waals surface area contributed by atoms with E-state index in [0.717, 1.165) is 11.3 Å². The van der Waals surface area contributed by atoms with Crippen LogP contribution in [0.5, 0.6) is 0 Å². The standard InChI is InChI=1S/C14H16BrN3O2S/c1-10-3-2-4-12(18-10)9-17-21(19,20)14-6-5-11(8-16)7-13(14)15/h2-7,17H,8-9,16H2,1H3. The SMILES string of the molecule is Cc1cccc(CNS(=O)(=O)c2ccc(CN)cc2Br)n1. The van der Waals surface area contributed by atoms with E-state index in [1.165, 1.54) is 6.07 Å². The van der Waals surface area contributed by atoms with Gasteiger partial charge in [-0.3, -0.25) is 4.98 Å². The Morgan fingerprint density at radius 1 is 1.29 bits per heavy atom. The second kappa shape index (κ2) is 6.65. The third kappa shape index (κ3) is 4.10. The molecule has 0 aliphatic rings. The summed E-state index contributed by atoms with van der Waals surface area (Å²) in [5.41, 5.74) is 7.92. The minimum absolute atomic E-state index is 0.148. The maximum Gasteiger partial charge on any atom is 0.242 e. The number of hydrogen-bond acceptors (Lipinski definition) is 4. The molecule has 0 bridgehead atoms. The Balaban J connectivity index is 2.19. The molecule has 5 nitrogen and oxygen atoms in total. The van der Waals surface area contributed by atoms with Gasteiger partial charge < -0.3 is 5.73 Å². The van der Waals surface area contributed by atoms with Crippen LogP contribution in [0.25, 0.3) is 0 Å². The summed E-state index contributed by atoms with van der Waals surface area (Å²) < 4.78 is 27.7. The van der Waals surface area contributed by atoms with Gasteiger partial charge in [0.2, 0.25) is 10.0 Å². The smallest absolute Gasteiger partial charge is 0.242 e. The van der Waals surface area contributed by atoms with Crippen molar-refractivity contribution >= 4 is 26.0 Å². The Morgan fingerprint density at radius 3 is 2.67 bits per heavy atom. The van der Waals surface area contributed by atoms with E-state index >= 15 is 0 Å². The lowest BCUT2D eigenvalue weighted by Gasteiger charge is -2.09. The van der Waals surface area contributed by atoms with Crippen molar-refractivity contribution < 1.29 is 8.42 Å². The molecule has 21 heavy (non-hydrogen) atoms. The highest BCUT2D eigenvalue weighted by atomic mass is 79.9. The molecule has 0 saturated heterocycles. The van der Waals surface area contributed by atoms with E-state index in [1.54, 1.807) is 18.2 Å². The largest absolute Gasteiger partial charge is 0.326 e. The number of halogens is 1. The van der Waals surface area contributed by atoms with Crippen LogP contribution in [0.1, 0.15) is 17.0 Å². The number of nitrogens with zero attached hydrogens (tertiary/aromatic N) is 1. The van der Waals surface area contributed by atoms with E-state index in [4.69, 9.17) is 5.73 Å². The minimum Gasteiger partial charge on any atom is -0.326 e. The molecule has 0 atom stereocenters. The van der Waals surface area contributed by atoms with Crippen LogP contribution in [0.2, 0.25) is 0 Å². The van der Waals surface area contributed by atoms with Crippen molar-refractivity contribution in [2.45, 2.75) is 24.9 Å². The summed E-state index contributed by atoms with van der Waals surface area (Å²) >= 11 is 3.27. The van der Waals surface area contributed by atoms with Gasteiger partial charge in [-0.2, -0.15) is 0 Å². The van der Waals surface area contributed by atoms with Gasteiger partial charge in [0.15, 0.2) is 0 Å². The molecule has 1 aromatic carbocycles. The van der Waals surface area contributed by atoms with Crippen molar-refractivity contribution in [2.24, 2.45) is 5.73 Å². The maximum absolute atomic E-state index is 12.3. The molecule has 2 aromatic rings. The van der Waals surface area contributed by atoms with Crippen molar-refractivity contribution in [1.29, 1.82) is 0 Å². The fraction of sp³-hybridized carbons (Fsp3) is 0.214. The summed E-state index contributed by atoms with van der Waals surface area (Å²) in [7, 11) is -3.60. The van der Waals surface area contributed by atoms with Gasteiger partial charge in [-0.05, 0) is 52.7 Å². The zero-order valence-electron chi connectivity index (χ0n) is 11.5. The molecule has 0 unspecified atom stereocenters. The van der Waals surface area contributed by atoms with Gasteiger partial charge in [0, 0.05) is 16.7 Å². The monoisotopic (exact) mass is 369 g/mol. The molecule has 0 spiro atoms. The number of nitrogens with two attached hydrogens (primary N) is 1. The number of aryl methyl sites for hydroxylation is 1. The predicted molar refractivity (Wildman–Crippen MR) is 85.0 cm³/mol. The molecule has 0 saturated carbocycles. The highest BCUT2D eigenvalue weighted by Crippen LogP contribution is 2.23. The molecule has 7 heteroatoms. The number of rotatable bonds is 5. The highest BCUT2D eigenvalue weighted by Gasteiger charge is 2.17. The third-order valence-corrected chi connectivity index (χ3v) is 5.29. The lowest BCUT2D eigenvalue weighted by Crippen LogP contribution is -2.24. The fourth-order valence-electron chi connectivity index (χ4n) is 1.83. The normalized spacial score (nSPS) is 11.6.